The van der Waals surface area contributed by atoms with E-state index in [9.17, 15) is 0 Å². The van der Waals surface area contributed by atoms with Gasteiger partial charge in [0, 0.05) is 13.2 Å². The Balaban J connectivity index is 2.87. The van der Waals surface area contributed by atoms with Crippen molar-refractivity contribution in [3.63, 3.8) is 0 Å². The van der Waals surface area contributed by atoms with Crippen LogP contribution in [0.1, 0.15) is 11.4 Å². The second kappa shape index (κ2) is 2.27. The van der Waals surface area contributed by atoms with E-state index in [2.05, 4.69) is 15.1 Å². The first-order chi connectivity index (χ1) is 5.68. The first-order valence-corrected chi connectivity index (χ1v) is 3.81. The zero-order chi connectivity index (χ0) is 8.72. The molecule has 2 aromatic rings. The Morgan fingerprint density at radius 2 is 2.08 bits per heavy atom. The zero-order valence-electron chi connectivity index (χ0n) is 7.37. The van der Waals surface area contributed by atoms with Crippen molar-refractivity contribution in [3.8, 4) is 0 Å². The van der Waals surface area contributed by atoms with Gasteiger partial charge in [-0.3, -0.25) is 4.68 Å². The standard InChI is InChI=1S/C8H10N4/c1-5-4-9-7-6(2)12(3)11-8(7)10-5/h4H,1-3H3. The summed E-state index contributed by atoms with van der Waals surface area (Å²) >= 11 is 0. The van der Waals surface area contributed by atoms with Gasteiger partial charge in [-0.1, -0.05) is 0 Å². The summed E-state index contributed by atoms with van der Waals surface area (Å²) in [6.45, 7) is 3.90. The Kier molecular flexibility index (Phi) is 1.36. The van der Waals surface area contributed by atoms with Crippen molar-refractivity contribution in [3.05, 3.63) is 17.6 Å². The number of nitrogens with zero attached hydrogens (tertiary/aromatic N) is 4. The van der Waals surface area contributed by atoms with E-state index in [1.165, 1.54) is 0 Å². The monoisotopic (exact) mass is 162 g/mol. The van der Waals surface area contributed by atoms with Crippen molar-refractivity contribution in [2.45, 2.75) is 13.8 Å². The van der Waals surface area contributed by atoms with Gasteiger partial charge in [-0.2, -0.15) is 5.10 Å². The molecule has 2 rings (SSSR count). The van der Waals surface area contributed by atoms with Crippen LogP contribution < -0.4 is 0 Å². The van der Waals surface area contributed by atoms with E-state index in [-0.39, 0.29) is 0 Å². The van der Waals surface area contributed by atoms with E-state index >= 15 is 0 Å². The highest BCUT2D eigenvalue weighted by Crippen LogP contribution is 2.11. The van der Waals surface area contributed by atoms with Gasteiger partial charge in [-0.05, 0) is 13.8 Å². The molecule has 0 aromatic carbocycles. The molecule has 62 valence electrons. The lowest BCUT2D eigenvalue weighted by Gasteiger charge is -1.90. The summed E-state index contributed by atoms with van der Waals surface area (Å²) < 4.78 is 1.80. The third-order valence-electron chi connectivity index (χ3n) is 1.95. The van der Waals surface area contributed by atoms with E-state index in [4.69, 9.17) is 0 Å². The molecule has 2 aromatic heterocycles. The van der Waals surface area contributed by atoms with Crippen LogP contribution in [0.25, 0.3) is 11.2 Å². The largest absolute Gasteiger partial charge is 0.268 e. The maximum Gasteiger partial charge on any atom is 0.200 e. The SMILES string of the molecule is Cc1cnc2c(C)n(C)nc2n1. The molecule has 0 radical (unpaired) electrons. The fraction of sp³-hybridized carbons (Fsp3) is 0.375. The Hall–Kier alpha value is -1.45. The van der Waals surface area contributed by atoms with Gasteiger partial charge in [0.2, 0.25) is 0 Å². The lowest BCUT2D eigenvalue weighted by Crippen LogP contribution is -1.91. The normalized spacial score (nSPS) is 10.9. The van der Waals surface area contributed by atoms with Crippen LogP contribution in [0.4, 0.5) is 0 Å². The van der Waals surface area contributed by atoms with Gasteiger partial charge in [0.25, 0.3) is 0 Å². The number of rotatable bonds is 0. The van der Waals surface area contributed by atoms with Gasteiger partial charge in [-0.25, -0.2) is 9.97 Å². The number of aryl methyl sites for hydroxylation is 3. The highest BCUT2D eigenvalue weighted by atomic mass is 15.3. The minimum Gasteiger partial charge on any atom is -0.268 e. The van der Waals surface area contributed by atoms with Gasteiger partial charge < -0.3 is 0 Å². The third-order valence-corrected chi connectivity index (χ3v) is 1.95. The Morgan fingerprint density at radius 1 is 1.33 bits per heavy atom. The van der Waals surface area contributed by atoms with Crippen molar-refractivity contribution in [1.29, 1.82) is 0 Å². The summed E-state index contributed by atoms with van der Waals surface area (Å²) in [5.74, 6) is 0. The van der Waals surface area contributed by atoms with E-state index < -0.39 is 0 Å². The smallest absolute Gasteiger partial charge is 0.200 e. The van der Waals surface area contributed by atoms with Crippen LogP contribution in [0.2, 0.25) is 0 Å². The maximum atomic E-state index is 4.26. The van der Waals surface area contributed by atoms with Gasteiger partial charge in [0.15, 0.2) is 5.65 Å². The molecular formula is C8H10N4. The second-order valence-electron chi connectivity index (χ2n) is 2.89. The first kappa shape index (κ1) is 7.21. The lowest BCUT2D eigenvalue weighted by atomic mass is 10.4. The van der Waals surface area contributed by atoms with Crippen LogP contribution in [0.5, 0.6) is 0 Å². The van der Waals surface area contributed by atoms with Crippen LogP contribution in [0, 0.1) is 13.8 Å². The molecule has 0 saturated carbocycles. The molecule has 0 unspecified atom stereocenters. The molecule has 0 atom stereocenters. The molecule has 0 amide bonds. The Morgan fingerprint density at radius 3 is 2.83 bits per heavy atom. The molecule has 0 spiro atoms. The Labute approximate surface area is 70.3 Å². The van der Waals surface area contributed by atoms with Crippen LogP contribution in [0.15, 0.2) is 6.20 Å². The number of aromatic nitrogens is 4. The second-order valence-corrected chi connectivity index (χ2v) is 2.89. The average molecular weight is 162 g/mol. The van der Waals surface area contributed by atoms with Crippen LogP contribution in [0.3, 0.4) is 0 Å². The molecule has 2 heterocycles. The molecule has 0 aliphatic rings. The molecular weight excluding hydrogens is 152 g/mol. The molecule has 0 fully saturated rings. The lowest BCUT2D eigenvalue weighted by molar-refractivity contribution is 0.747. The average Bonchev–Trinajstić information content (AvgIpc) is 2.28. The molecule has 0 bridgehead atoms. The summed E-state index contributed by atoms with van der Waals surface area (Å²) in [5, 5.41) is 4.22. The minimum atomic E-state index is 0.731. The van der Waals surface area contributed by atoms with Crippen molar-refractivity contribution < 1.29 is 0 Å². The van der Waals surface area contributed by atoms with Crippen LogP contribution in [-0.2, 0) is 7.05 Å². The number of hydrogen-bond donors (Lipinski definition) is 0. The van der Waals surface area contributed by atoms with Gasteiger partial charge in [0.05, 0.1) is 11.4 Å². The topological polar surface area (TPSA) is 43.6 Å². The fourth-order valence-corrected chi connectivity index (χ4v) is 1.16. The molecule has 0 aliphatic carbocycles. The number of fused-ring (bicyclic) bond motifs is 1. The predicted molar refractivity (Wildman–Crippen MR) is 45.8 cm³/mol. The van der Waals surface area contributed by atoms with Crippen LogP contribution in [-0.4, -0.2) is 19.7 Å². The van der Waals surface area contributed by atoms with Crippen LogP contribution >= 0.6 is 0 Å². The highest BCUT2D eigenvalue weighted by Gasteiger charge is 2.05. The van der Waals surface area contributed by atoms with E-state index in [1.54, 1.807) is 10.9 Å². The number of hydrogen-bond acceptors (Lipinski definition) is 3. The molecule has 0 saturated heterocycles. The van der Waals surface area contributed by atoms with Gasteiger partial charge >= 0.3 is 0 Å². The summed E-state index contributed by atoms with van der Waals surface area (Å²) in [6.07, 6.45) is 1.76. The molecule has 4 heteroatoms. The minimum absolute atomic E-state index is 0.731. The van der Waals surface area contributed by atoms with E-state index in [0.29, 0.717) is 0 Å². The fourth-order valence-electron chi connectivity index (χ4n) is 1.16. The summed E-state index contributed by atoms with van der Waals surface area (Å²) in [7, 11) is 1.90. The summed E-state index contributed by atoms with van der Waals surface area (Å²) in [4.78, 5) is 8.52. The van der Waals surface area contributed by atoms with Crippen molar-refractivity contribution in [2.24, 2.45) is 7.05 Å². The quantitative estimate of drug-likeness (QED) is 0.580. The maximum absolute atomic E-state index is 4.26. The van der Waals surface area contributed by atoms with Crippen molar-refractivity contribution in [2.75, 3.05) is 0 Å². The Bertz CT molecular complexity index is 430. The van der Waals surface area contributed by atoms with Gasteiger partial charge in [-0.15, -0.1) is 0 Å². The highest BCUT2D eigenvalue weighted by molar-refractivity contribution is 5.72. The third kappa shape index (κ3) is 0.879. The van der Waals surface area contributed by atoms with Crippen molar-refractivity contribution >= 4 is 11.2 Å². The van der Waals surface area contributed by atoms with Crippen molar-refractivity contribution in [1.82, 2.24) is 19.7 Å². The molecule has 12 heavy (non-hydrogen) atoms. The molecule has 0 N–H and O–H groups in total. The molecule has 0 aliphatic heterocycles. The van der Waals surface area contributed by atoms with E-state index in [0.717, 1.165) is 22.6 Å². The summed E-state index contributed by atoms with van der Waals surface area (Å²) in [5.41, 5.74) is 3.58. The summed E-state index contributed by atoms with van der Waals surface area (Å²) in [6, 6.07) is 0. The zero-order valence-corrected chi connectivity index (χ0v) is 7.37. The van der Waals surface area contributed by atoms with Gasteiger partial charge in [0.1, 0.15) is 5.52 Å². The predicted octanol–water partition coefficient (Wildman–Crippen LogP) is 0.980. The molecule has 4 nitrogen and oxygen atoms in total. The van der Waals surface area contributed by atoms with E-state index in [1.807, 2.05) is 20.9 Å². The first-order valence-electron chi connectivity index (χ1n) is 3.81.